The molecule has 33 heavy (non-hydrogen) atoms. The van der Waals surface area contributed by atoms with Crippen molar-refractivity contribution < 1.29 is 18.0 Å². The zero-order valence-corrected chi connectivity index (χ0v) is 21.5. The van der Waals surface area contributed by atoms with Crippen molar-refractivity contribution in [2.24, 2.45) is 0 Å². The largest absolute Gasteiger partial charge is 0.354 e. The predicted octanol–water partition coefficient (Wildman–Crippen LogP) is 4.01. The second kappa shape index (κ2) is 11.7. The molecule has 7 nitrogen and oxygen atoms in total. The molecule has 180 valence electrons. The Morgan fingerprint density at radius 3 is 2.36 bits per heavy atom. The summed E-state index contributed by atoms with van der Waals surface area (Å²) < 4.78 is 26.1. The molecule has 0 saturated heterocycles. The number of sulfonamides is 1. The first-order chi connectivity index (χ1) is 15.4. The fraction of sp³-hybridized carbons (Fsp3) is 0.391. The first-order valence-corrected chi connectivity index (χ1v) is 13.1. The molecule has 1 N–H and O–H groups in total. The minimum absolute atomic E-state index is 0.0574. The standard InChI is InChI=1S/C23H29Cl2N3O4S/c1-5-11-26-23(30)17(3)27(14-18-9-10-20(24)21(25)13-18)22(29)15-28(33(4,31)32)19-8-6-7-16(2)12-19/h6-10,12-13,17H,5,11,14-15H2,1-4H3,(H,26,30). The van der Waals surface area contributed by atoms with Crippen LogP contribution in [-0.2, 0) is 26.2 Å². The summed E-state index contributed by atoms with van der Waals surface area (Å²) in [5.41, 5.74) is 1.89. The van der Waals surface area contributed by atoms with Crippen molar-refractivity contribution in [3.63, 3.8) is 0 Å². The van der Waals surface area contributed by atoms with Gasteiger partial charge in [0.1, 0.15) is 12.6 Å². The van der Waals surface area contributed by atoms with E-state index in [4.69, 9.17) is 23.2 Å². The number of benzene rings is 2. The Hall–Kier alpha value is -2.29. The lowest BCUT2D eigenvalue weighted by Gasteiger charge is -2.31. The molecule has 2 aromatic carbocycles. The number of hydrogen-bond donors (Lipinski definition) is 1. The number of carbonyl (C=O) groups is 2. The molecule has 2 amide bonds. The highest BCUT2D eigenvalue weighted by molar-refractivity contribution is 7.92. The monoisotopic (exact) mass is 513 g/mol. The van der Waals surface area contributed by atoms with E-state index in [1.165, 1.54) is 4.90 Å². The van der Waals surface area contributed by atoms with Gasteiger partial charge < -0.3 is 10.2 Å². The second-order valence-electron chi connectivity index (χ2n) is 7.85. The normalized spacial score (nSPS) is 12.2. The van der Waals surface area contributed by atoms with Crippen LogP contribution in [0.1, 0.15) is 31.4 Å². The van der Waals surface area contributed by atoms with E-state index in [1.807, 2.05) is 19.9 Å². The van der Waals surface area contributed by atoms with E-state index in [9.17, 15) is 18.0 Å². The van der Waals surface area contributed by atoms with E-state index in [-0.39, 0.29) is 12.5 Å². The summed E-state index contributed by atoms with van der Waals surface area (Å²) >= 11 is 12.1. The molecule has 1 atom stereocenters. The number of halogens is 2. The van der Waals surface area contributed by atoms with Crippen LogP contribution < -0.4 is 9.62 Å². The van der Waals surface area contributed by atoms with Gasteiger partial charge in [-0.05, 0) is 55.7 Å². The molecule has 2 rings (SSSR count). The van der Waals surface area contributed by atoms with Gasteiger partial charge in [0, 0.05) is 13.1 Å². The van der Waals surface area contributed by atoms with Gasteiger partial charge in [-0.3, -0.25) is 13.9 Å². The van der Waals surface area contributed by atoms with E-state index >= 15 is 0 Å². The van der Waals surface area contributed by atoms with Crippen molar-refractivity contribution in [3.8, 4) is 0 Å². The summed E-state index contributed by atoms with van der Waals surface area (Å²) in [6.45, 7) is 5.45. The van der Waals surface area contributed by atoms with Crippen molar-refractivity contribution in [1.82, 2.24) is 10.2 Å². The van der Waals surface area contributed by atoms with Crippen molar-refractivity contribution in [3.05, 3.63) is 63.6 Å². The van der Waals surface area contributed by atoms with Gasteiger partial charge in [0.15, 0.2) is 0 Å². The SMILES string of the molecule is CCCNC(=O)C(C)N(Cc1ccc(Cl)c(Cl)c1)C(=O)CN(c1cccc(C)c1)S(C)(=O)=O. The second-order valence-corrected chi connectivity index (χ2v) is 10.6. The smallest absolute Gasteiger partial charge is 0.244 e. The summed E-state index contributed by atoms with van der Waals surface area (Å²) in [5.74, 6) is -0.848. The van der Waals surface area contributed by atoms with Crippen LogP contribution in [0.3, 0.4) is 0 Å². The van der Waals surface area contributed by atoms with E-state index in [0.717, 1.165) is 22.5 Å². The van der Waals surface area contributed by atoms with E-state index < -0.39 is 28.5 Å². The average molecular weight is 514 g/mol. The highest BCUT2D eigenvalue weighted by Crippen LogP contribution is 2.24. The van der Waals surface area contributed by atoms with Gasteiger partial charge >= 0.3 is 0 Å². The number of nitrogens with one attached hydrogen (secondary N) is 1. The molecule has 0 spiro atoms. The molecule has 0 heterocycles. The van der Waals surface area contributed by atoms with Crippen molar-refractivity contribution in [1.29, 1.82) is 0 Å². The number of carbonyl (C=O) groups excluding carboxylic acids is 2. The van der Waals surface area contributed by atoms with Crippen LogP contribution in [0.4, 0.5) is 5.69 Å². The van der Waals surface area contributed by atoms with Crippen molar-refractivity contribution in [2.75, 3.05) is 23.7 Å². The highest BCUT2D eigenvalue weighted by Gasteiger charge is 2.30. The average Bonchev–Trinajstić information content (AvgIpc) is 2.75. The first kappa shape index (κ1) is 27.0. The predicted molar refractivity (Wildman–Crippen MR) is 133 cm³/mol. The van der Waals surface area contributed by atoms with Gasteiger partial charge in [0.2, 0.25) is 21.8 Å². The fourth-order valence-electron chi connectivity index (χ4n) is 3.21. The Labute approximate surface area is 205 Å². The Balaban J connectivity index is 2.39. The van der Waals surface area contributed by atoms with Crippen LogP contribution in [0.15, 0.2) is 42.5 Å². The van der Waals surface area contributed by atoms with Crippen molar-refractivity contribution >= 4 is 50.7 Å². The van der Waals surface area contributed by atoms with Crippen LogP contribution in [0.5, 0.6) is 0 Å². The molecule has 0 aliphatic carbocycles. The van der Waals surface area contributed by atoms with Crippen LogP contribution in [0, 0.1) is 6.92 Å². The van der Waals surface area contributed by atoms with Gasteiger partial charge in [-0.25, -0.2) is 8.42 Å². The Morgan fingerprint density at radius 1 is 1.09 bits per heavy atom. The number of anilines is 1. The minimum atomic E-state index is -3.76. The maximum Gasteiger partial charge on any atom is 0.244 e. The molecule has 10 heteroatoms. The quantitative estimate of drug-likeness (QED) is 0.519. The van der Waals surface area contributed by atoms with E-state index in [1.54, 1.807) is 43.3 Å². The lowest BCUT2D eigenvalue weighted by atomic mass is 10.1. The number of aryl methyl sites for hydroxylation is 1. The van der Waals surface area contributed by atoms with Crippen LogP contribution in [0.2, 0.25) is 10.0 Å². The zero-order valence-electron chi connectivity index (χ0n) is 19.1. The van der Waals surface area contributed by atoms with Gasteiger partial charge in [-0.1, -0.05) is 48.3 Å². The molecule has 0 bridgehead atoms. The summed E-state index contributed by atoms with van der Waals surface area (Å²) in [5, 5.41) is 3.48. The molecule has 0 aromatic heterocycles. The summed E-state index contributed by atoms with van der Waals surface area (Å²) in [6, 6.07) is 11.0. The third-order valence-electron chi connectivity index (χ3n) is 5.02. The maximum atomic E-state index is 13.4. The number of hydrogen-bond acceptors (Lipinski definition) is 4. The van der Waals surface area contributed by atoms with Crippen LogP contribution in [0.25, 0.3) is 0 Å². The Morgan fingerprint density at radius 2 is 1.79 bits per heavy atom. The molecule has 0 radical (unpaired) electrons. The number of amides is 2. The maximum absolute atomic E-state index is 13.4. The van der Waals surface area contributed by atoms with Crippen molar-refractivity contribution in [2.45, 2.75) is 39.8 Å². The molecular weight excluding hydrogens is 485 g/mol. The summed E-state index contributed by atoms with van der Waals surface area (Å²) in [4.78, 5) is 27.4. The number of rotatable bonds is 10. The fourth-order valence-corrected chi connectivity index (χ4v) is 4.37. The Kier molecular flexibility index (Phi) is 9.57. The molecule has 0 saturated carbocycles. The molecule has 2 aromatic rings. The van der Waals surface area contributed by atoms with Crippen LogP contribution in [-0.4, -0.2) is 50.5 Å². The molecule has 0 aliphatic rings. The zero-order chi connectivity index (χ0) is 24.8. The molecular formula is C23H29Cl2N3O4S. The van der Waals surface area contributed by atoms with Gasteiger partial charge in [0.05, 0.1) is 22.0 Å². The third-order valence-corrected chi connectivity index (χ3v) is 6.90. The first-order valence-electron chi connectivity index (χ1n) is 10.5. The van der Waals surface area contributed by atoms with Gasteiger partial charge in [-0.15, -0.1) is 0 Å². The lowest BCUT2D eigenvalue weighted by Crippen LogP contribution is -2.51. The summed E-state index contributed by atoms with van der Waals surface area (Å²) in [7, 11) is -3.76. The van der Waals surface area contributed by atoms with E-state index in [0.29, 0.717) is 27.8 Å². The van der Waals surface area contributed by atoms with Crippen LogP contribution >= 0.6 is 23.2 Å². The van der Waals surface area contributed by atoms with Gasteiger partial charge in [-0.2, -0.15) is 0 Å². The molecule has 0 aliphatic heterocycles. The Bertz CT molecular complexity index is 1110. The third kappa shape index (κ3) is 7.62. The number of nitrogens with zero attached hydrogens (tertiary/aromatic N) is 2. The molecule has 1 unspecified atom stereocenters. The molecule has 0 fully saturated rings. The highest BCUT2D eigenvalue weighted by atomic mass is 35.5. The van der Waals surface area contributed by atoms with E-state index in [2.05, 4.69) is 5.32 Å². The minimum Gasteiger partial charge on any atom is -0.354 e. The topological polar surface area (TPSA) is 86.8 Å². The van der Waals surface area contributed by atoms with Gasteiger partial charge in [0.25, 0.3) is 0 Å². The summed E-state index contributed by atoms with van der Waals surface area (Å²) in [6.07, 6.45) is 1.79. The lowest BCUT2D eigenvalue weighted by molar-refractivity contribution is -0.139.